The summed E-state index contributed by atoms with van der Waals surface area (Å²) in [6.45, 7) is 2.41. The summed E-state index contributed by atoms with van der Waals surface area (Å²) in [6.07, 6.45) is 28.4. The van der Waals surface area contributed by atoms with Crippen LogP contribution in [0.2, 0.25) is 0 Å². The number of unbranched alkanes of at least 4 members (excludes halogenated alkanes) is 2. The van der Waals surface area contributed by atoms with Crippen molar-refractivity contribution >= 4 is 11.8 Å². The van der Waals surface area contributed by atoms with Crippen molar-refractivity contribution in [2.24, 2.45) is 0 Å². The molecule has 0 heterocycles. The van der Waals surface area contributed by atoms with Gasteiger partial charge in [0.05, 0.1) is 11.5 Å². The summed E-state index contributed by atoms with van der Waals surface area (Å²) < 4.78 is 9.98. The molecule has 1 rings (SSSR count). The highest BCUT2D eigenvalue weighted by molar-refractivity contribution is 5.63. The fourth-order valence-electron chi connectivity index (χ4n) is 2.65. The molecule has 0 radical (unpaired) electrons. The lowest BCUT2D eigenvalue weighted by Gasteiger charge is -2.05. The second-order valence-electron chi connectivity index (χ2n) is 7.16. The van der Waals surface area contributed by atoms with E-state index in [0.29, 0.717) is 0 Å². The Balaban J connectivity index is 1.99. The molecule has 0 spiro atoms. The maximum atomic E-state index is 11.6. The topological polar surface area (TPSA) is 78.7 Å². The zero-order chi connectivity index (χ0) is 24.0. The largest absolute Gasteiger partial charge is 0.513 e. The number of nitro groups is 1. The molecule has 0 aliphatic heterocycles. The van der Waals surface area contributed by atoms with Crippen LogP contribution in [-0.4, -0.2) is 17.7 Å². The average molecular weight is 454 g/mol. The Hall–Kier alpha value is -3.41. The van der Waals surface area contributed by atoms with Crippen LogP contribution < -0.4 is 4.74 Å². The van der Waals surface area contributed by atoms with E-state index in [1.165, 1.54) is 24.3 Å². The number of nitrogens with zero attached hydrogens (tertiary/aromatic N) is 1. The Labute approximate surface area is 197 Å². The third kappa shape index (κ3) is 16.0. The summed E-state index contributed by atoms with van der Waals surface area (Å²) in [6, 6.07) is 5.27. The molecule has 178 valence electrons. The SMILES string of the molecule is CC/C=C\C/C=C\C/C=C\C/C=C\C/C=C\CCCCOC(=O)Oc1ccc([N+](=O)[O-])cc1. The van der Waals surface area contributed by atoms with Crippen LogP contribution in [0.3, 0.4) is 0 Å². The first-order valence-electron chi connectivity index (χ1n) is 11.5. The van der Waals surface area contributed by atoms with E-state index >= 15 is 0 Å². The van der Waals surface area contributed by atoms with E-state index in [0.717, 1.165) is 51.4 Å². The number of benzene rings is 1. The highest BCUT2D eigenvalue weighted by atomic mass is 16.7. The van der Waals surface area contributed by atoms with E-state index in [2.05, 4.69) is 67.7 Å². The first-order chi connectivity index (χ1) is 16.1. The van der Waals surface area contributed by atoms with Crippen LogP contribution in [0.25, 0.3) is 0 Å². The predicted molar refractivity (Wildman–Crippen MR) is 133 cm³/mol. The van der Waals surface area contributed by atoms with E-state index in [9.17, 15) is 14.9 Å². The number of non-ortho nitro benzene ring substituents is 1. The van der Waals surface area contributed by atoms with Gasteiger partial charge in [0.1, 0.15) is 5.75 Å². The number of hydrogen-bond acceptors (Lipinski definition) is 5. The first-order valence-corrected chi connectivity index (χ1v) is 11.5. The van der Waals surface area contributed by atoms with E-state index < -0.39 is 11.1 Å². The van der Waals surface area contributed by atoms with Gasteiger partial charge >= 0.3 is 6.16 Å². The van der Waals surface area contributed by atoms with Crippen LogP contribution in [-0.2, 0) is 4.74 Å². The van der Waals surface area contributed by atoms with Crippen molar-refractivity contribution in [1.82, 2.24) is 0 Å². The fourth-order valence-corrected chi connectivity index (χ4v) is 2.65. The second-order valence-corrected chi connectivity index (χ2v) is 7.16. The Morgan fingerprint density at radius 3 is 1.85 bits per heavy atom. The minimum absolute atomic E-state index is 0.0641. The molecule has 0 atom stereocenters. The monoisotopic (exact) mass is 453 g/mol. The summed E-state index contributed by atoms with van der Waals surface area (Å²) in [5, 5.41) is 10.6. The third-order valence-corrected chi connectivity index (χ3v) is 4.39. The standard InChI is InChI=1S/C27H35NO5/c1-2-3-4-5-6-7-8-9-10-11-12-13-14-15-16-17-18-19-24-32-27(29)33-26-22-20-25(21-23-26)28(30)31/h3-4,6-7,9-10,12-13,15-16,20-23H,2,5,8,11,14,17-19,24H2,1H3/b4-3-,7-6-,10-9-,13-12-,16-15-. The predicted octanol–water partition coefficient (Wildman–Crippen LogP) is 8.03. The quantitative estimate of drug-likeness (QED) is 0.0632. The minimum Gasteiger partial charge on any atom is -0.434 e. The third-order valence-electron chi connectivity index (χ3n) is 4.39. The van der Waals surface area contributed by atoms with Gasteiger partial charge in [-0.3, -0.25) is 10.1 Å². The molecule has 0 aliphatic rings. The number of ether oxygens (including phenoxy) is 2. The van der Waals surface area contributed by atoms with Gasteiger partial charge in [0, 0.05) is 12.1 Å². The van der Waals surface area contributed by atoms with E-state index in [1.807, 2.05) is 0 Å². The Morgan fingerprint density at radius 2 is 1.33 bits per heavy atom. The molecule has 6 heteroatoms. The molecule has 0 amide bonds. The Morgan fingerprint density at radius 1 is 0.818 bits per heavy atom. The van der Waals surface area contributed by atoms with Gasteiger partial charge in [-0.1, -0.05) is 67.7 Å². The lowest BCUT2D eigenvalue weighted by atomic mass is 10.2. The smallest absolute Gasteiger partial charge is 0.434 e. The van der Waals surface area contributed by atoms with Gasteiger partial charge in [-0.2, -0.15) is 0 Å². The van der Waals surface area contributed by atoms with Gasteiger partial charge in [0.2, 0.25) is 0 Å². The first kappa shape index (κ1) is 27.6. The molecule has 0 saturated heterocycles. The van der Waals surface area contributed by atoms with Crippen LogP contribution in [0.15, 0.2) is 85.0 Å². The van der Waals surface area contributed by atoms with Crippen LogP contribution in [0.1, 0.15) is 58.3 Å². The number of rotatable bonds is 16. The number of carbonyl (C=O) groups excluding carboxylic acids is 1. The molecule has 0 aliphatic carbocycles. The van der Waals surface area contributed by atoms with Gasteiger partial charge in [-0.05, 0) is 63.5 Å². The molecule has 0 unspecified atom stereocenters. The second kappa shape index (κ2) is 19.3. The summed E-state index contributed by atoms with van der Waals surface area (Å²) in [5.41, 5.74) is -0.0641. The lowest BCUT2D eigenvalue weighted by Crippen LogP contribution is -2.11. The van der Waals surface area contributed by atoms with Crippen molar-refractivity contribution < 1.29 is 19.2 Å². The zero-order valence-electron chi connectivity index (χ0n) is 19.4. The molecule has 0 bridgehead atoms. The van der Waals surface area contributed by atoms with Crippen molar-refractivity contribution in [3.63, 3.8) is 0 Å². The highest BCUT2D eigenvalue weighted by Crippen LogP contribution is 2.17. The molecule has 0 fully saturated rings. The Bertz CT molecular complexity index is 819. The van der Waals surface area contributed by atoms with E-state index in [1.54, 1.807) is 0 Å². The van der Waals surface area contributed by atoms with E-state index in [4.69, 9.17) is 9.47 Å². The molecule has 33 heavy (non-hydrogen) atoms. The maximum Gasteiger partial charge on any atom is 0.513 e. The molecular weight excluding hydrogens is 418 g/mol. The molecule has 0 saturated carbocycles. The Kier molecular flexibility index (Phi) is 16.1. The summed E-state index contributed by atoms with van der Waals surface area (Å²) in [4.78, 5) is 21.7. The van der Waals surface area contributed by atoms with Crippen molar-refractivity contribution in [3.8, 4) is 5.75 Å². The molecule has 0 N–H and O–H groups in total. The lowest BCUT2D eigenvalue weighted by molar-refractivity contribution is -0.384. The van der Waals surface area contributed by atoms with Crippen molar-refractivity contribution in [1.29, 1.82) is 0 Å². The van der Waals surface area contributed by atoms with Crippen LogP contribution in [0, 0.1) is 10.1 Å². The summed E-state index contributed by atoms with van der Waals surface area (Å²) in [5.74, 6) is 0.212. The fraction of sp³-hybridized carbons (Fsp3) is 0.370. The molecular formula is C27H35NO5. The average Bonchev–Trinajstić information content (AvgIpc) is 2.81. The summed E-state index contributed by atoms with van der Waals surface area (Å²) >= 11 is 0. The van der Waals surface area contributed by atoms with Gasteiger partial charge in [-0.15, -0.1) is 0 Å². The number of allylic oxidation sites excluding steroid dienone is 10. The number of hydrogen-bond donors (Lipinski definition) is 0. The summed E-state index contributed by atoms with van der Waals surface area (Å²) in [7, 11) is 0. The van der Waals surface area contributed by atoms with Gasteiger partial charge in [0.25, 0.3) is 5.69 Å². The normalized spacial score (nSPS) is 12.0. The zero-order valence-corrected chi connectivity index (χ0v) is 19.4. The highest BCUT2D eigenvalue weighted by Gasteiger charge is 2.08. The number of nitro benzene ring substituents is 1. The van der Waals surface area contributed by atoms with Crippen molar-refractivity contribution in [2.75, 3.05) is 6.61 Å². The maximum absolute atomic E-state index is 11.6. The molecule has 1 aromatic carbocycles. The number of carbonyl (C=O) groups is 1. The molecule has 1 aromatic rings. The van der Waals surface area contributed by atoms with Crippen LogP contribution in [0.4, 0.5) is 10.5 Å². The van der Waals surface area contributed by atoms with Crippen LogP contribution in [0.5, 0.6) is 5.75 Å². The van der Waals surface area contributed by atoms with E-state index in [-0.39, 0.29) is 18.0 Å². The minimum atomic E-state index is -0.807. The van der Waals surface area contributed by atoms with Crippen LogP contribution >= 0.6 is 0 Å². The van der Waals surface area contributed by atoms with Gasteiger partial charge < -0.3 is 9.47 Å². The van der Waals surface area contributed by atoms with Crippen molar-refractivity contribution in [2.45, 2.75) is 58.3 Å². The van der Waals surface area contributed by atoms with Gasteiger partial charge in [-0.25, -0.2) is 4.79 Å². The molecule has 0 aromatic heterocycles. The van der Waals surface area contributed by atoms with Crippen molar-refractivity contribution in [3.05, 3.63) is 95.1 Å². The van der Waals surface area contributed by atoms with Gasteiger partial charge in [0.15, 0.2) is 0 Å². The molecule has 6 nitrogen and oxygen atoms in total.